The highest BCUT2D eigenvalue weighted by Crippen LogP contribution is 2.81. The van der Waals surface area contributed by atoms with Gasteiger partial charge in [0, 0.05) is 11.1 Å². The van der Waals surface area contributed by atoms with Crippen molar-refractivity contribution >= 4 is 0 Å². The lowest BCUT2D eigenvalue weighted by Gasteiger charge is -2.54. The van der Waals surface area contributed by atoms with E-state index in [1.54, 1.807) is 0 Å². The largest absolute Gasteiger partial charge is 0.358 e. The predicted octanol–water partition coefficient (Wildman–Crippen LogP) is 5.01. The fraction of sp³-hybridized carbons (Fsp3) is 0.692. The van der Waals surface area contributed by atoms with Crippen LogP contribution in [0.5, 0.6) is 0 Å². The molecule has 0 heterocycles. The molecule has 0 saturated heterocycles. The van der Waals surface area contributed by atoms with E-state index in [1.807, 2.05) is 0 Å². The number of fused-ring (bicyclic) bond motifs is 3. The van der Waals surface area contributed by atoms with E-state index in [4.69, 9.17) is 0 Å². The van der Waals surface area contributed by atoms with Crippen LogP contribution in [0.25, 0.3) is 0 Å². The minimum absolute atomic E-state index is 1.70. The molecule has 0 aromatic carbocycles. The van der Waals surface area contributed by atoms with Crippen LogP contribution >= 0.6 is 0 Å². The zero-order valence-corrected chi connectivity index (χ0v) is 11.4. The molecule has 25 heavy (non-hydrogen) atoms. The van der Waals surface area contributed by atoms with Gasteiger partial charge in [0.25, 0.3) is 11.3 Å². The van der Waals surface area contributed by atoms with Crippen LogP contribution in [0.2, 0.25) is 0 Å². The summed E-state index contributed by atoms with van der Waals surface area (Å²) in [6.45, 7) is 0. The third-order valence-corrected chi connectivity index (χ3v) is 5.60. The minimum atomic E-state index is -6.48. The van der Waals surface area contributed by atoms with Crippen molar-refractivity contribution in [3.8, 4) is 0 Å². The van der Waals surface area contributed by atoms with Crippen LogP contribution in [0.4, 0.5) is 52.7 Å². The van der Waals surface area contributed by atoms with Gasteiger partial charge < -0.3 is 0 Å². The zero-order valence-electron chi connectivity index (χ0n) is 11.4. The third-order valence-electron chi connectivity index (χ3n) is 5.60. The van der Waals surface area contributed by atoms with Crippen LogP contribution in [0, 0.1) is 0 Å². The summed E-state index contributed by atoms with van der Waals surface area (Å²) >= 11 is 0. The van der Waals surface area contributed by atoms with Crippen LogP contribution in [-0.2, 0) is 0 Å². The molecular weight excluding hydrogens is 384 g/mol. The smallest absolute Gasteiger partial charge is 0.232 e. The van der Waals surface area contributed by atoms with Crippen molar-refractivity contribution in [3.63, 3.8) is 0 Å². The SMILES string of the molecule is FC1=C(F)[C@]2(F)C3=C([C@@]1(F)C(F)(F)C2(F)F)[C@]1(F)CC[C@@]3(F)C1(F)F. The summed E-state index contributed by atoms with van der Waals surface area (Å²) in [5.74, 6) is -25.4. The van der Waals surface area contributed by atoms with Gasteiger partial charge in [-0.05, 0) is 12.8 Å². The Morgan fingerprint density at radius 1 is 0.480 bits per heavy atom. The van der Waals surface area contributed by atoms with Crippen molar-refractivity contribution in [2.45, 2.75) is 53.3 Å². The van der Waals surface area contributed by atoms with E-state index in [1.165, 1.54) is 0 Å². The number of allylic oxidation sites excluding steroid dienone is 4. The molecule has 12 heteroatoms. The molecule has 5 aliphatic carbocycles. The first kappa shape index (κ1) is 17.1. The molecule has 0 radical (unpaired) electrons. The highest BCUT2D eigenvalue weighted by molar-refractivity contribution is 5.70. The first-order chi connectivity index (χ1) is 11.0. The lowest BCUT2D eigenvalue weighted by Crippen LogP contribution is -2.75. The Balaban J connectivity index is 2.24. The molecule has 0 aliphatic heterocycles. The van der Waals surface area contributed by atoms with Crippen LogP contribution in [-0.4, -0.2) is 40.4 Å². The monoisotopic (exact) mass is 388 g/mol. The number of hydrogen-bond donors (Lipinski definition) is 0. The molecule has 0 N–H and O–H groups in total. The van der Waals surface area contributed by atoms with E-state index in [0.717, 1.165) is 0 Å². The maximum atomic E-state index is 14.7. The van der Waals surface area contributed by atoms with Gasteiger partial charge >= 0.3 is 17.8 Å². The molecule has 0 spiro atoms. The van der Waals surface area contributed by atoms with E-state index in [9.17, 15) is 52.7 Å². The molecule has 1 saturated carbocycles. The van der Waals surface area contributed by atoms with Gasteiger partial charge in [0.15, 0.2) is 11.7 Å². The normalized spacial score (nSPS) is 51.4. The number of rotatable bonds is 0. The standard InChI is InChI=1S/C13H4F12/c14-5-6(15)10(19)4-3(9(5,18)12(22,23)13(10,24)25)7(16)1-2-8(4,17)11(7,20)21/h1-2H2/t7-,8+,9+,10-. The fourth-order valence-corrected chi connectivity index (χ4v) is 4.37. The Morgan fingerprint density at radius 3 is 1.04 bits per heavy atom. The quantitative estimate of drug-likeness (QED) is 0.405. The molecule has 0 unspecified atom stereocenters. The molecule has 5 aliphatic rings. The van der Waals surface area contributed by atoms with E-state index >= 15 is 0 Å². The highest BCUT2D eigenvalue weighted by Gasteiger charge is 2.99. The first-order valence-electron chi connectivity index (χ1n) is 6.72. The molecule has 140 valence electrons. The van der Waals surface area contributed by atoms with Gasteiger partial charge in [0.05, 0.1) is 0 Å². The van der Waals surface area contributed by atoms with Crippen molar-refractivity contribution in [1.82, 2.24) is 0 Å². The zero-order chi connectivity index (χ0) is 19.2. The summed E-state index contributed by atoms with van der Waals surface area (Å²) in [7, 11) is 0. The summed E-state index contributed by atoms with van der Waals surface area (Å²) in [5.41, 5.74) is -26.6. The lowest BCUT2D eigenvalue weighted by atomic mass is 9.58. The summed E-state index contributed by atoms with van der Waals surface area (Å²) in [6.07, 6.45) is -3.40. The maximum Gasteiger partial charge on any atom is 0.358 e. The van der Waals surface area contributed by atoms with Gasteiger partial charge in [-0.2, -0.15) is 26.3 Å². The maximum absolute atomic E-state index is 14.7. The van der Waals surface area contributed by atoms with Gasteiger partial charge in [-0.25, -0.2) is 26.3 Å². The van der Waals surface area contributed by atoms with Crippen LogP contribution in [0.3, 0.4) is 0 Å². The second-order valence-electron chi connectivity index (χ2n) is 6.52. The Morgan fingerprint density at radius 2 is 0.760 bits per heavy atom. The second-order valence-corrected chi connectivity index (χ2v) is 6.52. The summed E-state index contributed by atoms with van der Waals surface area (Å²) in [5, 5.41) is 0. The number of halogens is 12. The minimum Gasteiger partial charge on any atom is -0.232 e. The average Bonchev–Trinajstić information content (AvgIpc) is 2.76. The molecule has 4 bridgehead atoms. The van der Waals surface area contributed by atoms with E-state index in [2.05, 4.69) is 0 Å². The van der Waals surface area contributed by atoms with Gasteiger partial charge in [0.1, 0.15) is 0 Å². The van der Waals surface area contributed by atoms with Crippen LogP contribution < -0.4 is 0 Å². The molecule has 0 nitrogen and oxygen atoms in total. The molecule has 0 amide bonds. The number of hydrogen-bond acceptors (Lipinski definition) is 0. The van der Waals surface area contributed by atoms with E-state index in [0.29, 0.717) is 0 Å². The topological polar surface area (TPSA) is 0 Å². The molecule has 0 aromatic rings. The van der Waals surface area contributed by atoms with Gasteiger partial charge in [-0.1, -0.05) is 0 Å². The molecule has 0 aromatic heterocycles. The van der Waals surface area contributed by atoms with Gasteiger partial charge in [-0.15, -0.1) is 0 Å². The lowest BCUT2D eigenvalue weighted by molar-refractivity contribution is -0.317. The van der Waals surface area contributed by atoms with Crippen molar-refractivity contribution in [2.75, 3.05) is 0 Å². The number of alkyl halides is 10. The average molecular weight is 388 g/mol. The molecule has 4 atom stereocenters. The Labute approximate surface area is 130 Å². The Bertz CT molecular complexity index is 733. The van der Waals surface area contributed by atoms with Gasteiger partial charge in [0.2, 0.25) is 11.3 Å². The summed E-state index contributed by atoms with van der Waals surface area (Å²) < 4.78 is 170. The molecular formula is C13H4F12. The Kier molecular flexibility index (Phi) is 2.43. The predicted molar refractivity (Wildman–Crippen MR) is 55.7 cm³/mol. The van der Waals surface area contributed by atoms with E-state index in [-0.39, 0.29) is 0 Å². The van der Waals surface area contributed by atoms with Crippen molar-refractivity contribution in [2.24, 2.45) is 0 Å². The summed E-state index contributed by atoms with van der Waals surface area (Å²) in [4.78, 5) is 0. The Hall–Kier alpha value is -1.36. The fourth-order valence-electron chi connectivity index (χ4n) is 4.37. The third kappa shape index (κ3) is 1.08. The second kappa shape index (κ2) is 3.55. The van der Waals surface area contributed by atoms with Crippen molar-refractivity contribution in [3.05, 3.63) is 22.8 Å². The molecule has 5 rings (SSSR count). The highest BCUT2D eigenvalue weighted by atomic mass is 19.3. The summed E-state index contributed by atoms with van der Waals surface area (Å²) in [6, 6.07) is 0. The van der Waals surface area contributed by atoms with Crippen molar-refractivity contribution in [1.29, 1.82) is 0 Å². The van der Waals surface area contributed by atoms with Crippen LogP contribution in [0.1, 0.15) is 12.8 Å². The van der Waals surface area contributed by atoms with Crippen molar-refractivity contribution < 1.29 is 52.7 Å². The molecule has 1 fully saturated rings. The van der Waals surface area contributed by atoms with Crippen LogP contribution in [0.15, 0.2) is 22.8 Å². The van der Waals surface area contributed by atoms with E-state index < -0.39 is 76.1 Å². The first-order valence-corrected chi connectivity index (χ1v) is 6.72. The van der Waals surface area contributed by atoms with Gasteiger partial charge in [-0.3, -0.25) is 0 Å².